The maximum Gasteiger partial charge on any atom is 0.256 e. The fraction of sp³-hybridized carbons (Fsp3) is 0.240. The highest BCUT2D eigenvalue weighted by Crippen LogP contribution is 2.51. The molecule has 0 aromatic heterocycles. The number of halogens is 1. The van der Waals surface area contributed by atoms with Crippen molar-refractivity contribution in [3.05, 3.63) is 105 Å². The van der Waals surface area contributed by atoms with Gasteiger partial charge in [-0.15, -0.1) is 0 Å². The van der Waals surface area contributed by atoms with Gasteiger partial charge in [0.05, 0.1) is 5.92 Å². The Morgan fingerprint density at radius 1 is 1.12 bits per heavy atom. The van der Waals surface area contributed by atoms with Crippen molar-refractivity contribution in [3.8, 4) is 5.75 Å². The van der Waals surface area contributed by atoms with E-state index in [2.05, 4.69) is 5.32 Å². The highest BCUT2D eigenvalue weighted by molar-refractivity contribution is 6.06. The lowest BCUT2D eigenvalue weighted by Gasteiger charge is -2.30. The van der Waals surface area contributed by atoms with Gasteiger partial charge in [0, 0.05) is 22.7 Å². The molecular weight excluding hydrogens is 425 g/mol. The Morgan fingerprint density at radius 2 is 1.82 bits per heavy atom. The van der Waals surface area contributed by atoms with Gasteiger partial charge >= 0.3 is 0 Å². The molecule has 1 saturated heterocycles. The van der Waals surface area contributed by atoms with Gasteiger partial charge < -0.3 is 10.1 Å². The van der Waals surface area contributed by atoms with Crippen molar-refractivity contribution in [3.63, 3.8) is 0 Å². The fourth-order valence-corrected chi connectivity index (χ4v) is 5.14. The van der Waals surface area contributed by atoms with E-state index in [4.69, 9.17) is 4.74 Å². The largest absolute Gasteiger partial charge is 0.489 e. The third kappa shape index (κ3) is 3.34. The molecule has 3 aromatic rings. The number of hydrogen-bond acceptors (Lipinski definition) is 5. The first-order valence-corrected chi connectivity index (χ1v) is 10.6. The summed E-state index contributed by atoms with van der Waals surface area (Å²) < 4.78 is 18.8. The lowest BCUT2D eigenvalue weighted by atomic mass is 9.79. The second-order valence-electron chi connectivity index (χ2n) is 8.47. The number of fused-ring (bicyclic) bond motifs is 2. The number of rotatable bonds is 5. The summed E-state index contributed by atoms with van der Waals surface area (Å²) in [4.78, 5) is 27.0. The zero-order chi connectivity index (χ0) is 23.2. The number of hydrogen-bond donors (Lipinski definition) is 1. The van der Waals surface area contributed by atoms with Crippen molar-refractivity contribution in [2.75, 3.05) is 18.9 Å². The fourth-order valence-electron chi connectivity index (χ4n) is 5.14. The van der Waals surface area contributed by atoms with Crippen LogP contribution in [0.15, 0.2) is 72.8 Å². The quantitative estimate of drug-likeness (QED) is 0.473. The topological polar surface area (TPSA) is 84.7 Å². The predicted octanol–water partition coefficient (Wildman–Crippen LogP) is 3.93. The zero-order valence-corrected chi connectivity index (χ0v) is 17.9. The van der Waals surface area contributed by atoms with Gasteiger partial charge in [0.15, 0.2) is 5.54 Å². The van der Waals surface area contributed by atoms with E-state index < -0.39 is 17.5 Å². The minimum atomic E-state index is -1.36. The van der Waals surface area contributed by atoms with E-state index in [1.54, 1.807) is 60.5 Å². The Hall–Kier alpha value is -3.78. The molecular formula is C25H22FN3O4. The molecule has 2 aliphatic rings. The number of benzene rings is 3. The van der Waals surface area contributed by atoms with Crippen molar-refractivity contribution in [2.24, 2.45) is 0 Å². The first-order valence-electron chi connectivity index (χ1n) is 10.6. The SMILES string of the molecule is CN1C[C@H](c2ccc(OCc3ccc(F)cc3)cc2)[C@@H]([N+](=O)[O-])[C@]12C(=O)Nc1ccccc12. The van der Waals surface area contributed by atoms with Crippen LogP contribution in [0.2, 0.25) is 0 Å². The molecule has 3 aromatic carbocycles. The normalized spacial score (nSPS) is 24.0. The first kappa shape index (κ1) is 21.1. The summed E-state index contributed by atoms with van der Waals surface area (Å²) in [6.45, 7) is 0.645. The van der Waals surface area contributed by atoms with Crippen molar-refractivity contribution < 1.29 is 18.8 Å². The first-order chi connectivity index (χ1) is 15.9. The smallest absolute Gasteiger partial charge is 0.256 e. The third-order valence-electron chi connectivity index (χ3n) is 6.67. The standard InChI is InChI=1S/C25H22FN3O4/c1-28-14-20(17-8-12-19(13-9-17)33-15-16-6-10-18(26)11-7-16)23(29(31)32)25(28)21-4-2-3-5-22(21)27-24(25)30/h2-13,20,23H,14-15H2,1H3,(H,27,30)/t20-,23-,25-/m1/s1. The van der Waals surface area contributed by atoms with Gasteiger partial charge in [-0.05, 0) is 48.5 Å². The summed E-state index contributed by atoms with van der Waals surface area (Å²) in [7, 11) is 1.76. The maximum atomic E-state index is 13.2. The van der Waals surface area contributed by atoms with E-state index in [1.807, 2.05) is 12.1 Å². The highest BCUT2D eigenvalue weighted by Gasteiger charge is 2.68. The summed E-state index contributed by atoms with van der Waals surface area (Å²) in [5.74, 6) is -0.547. The van der Waals surface area contributed by atoms with Crippen LogP contribution in [0.3, 0.4) is 0 Å². The Kier molecular flexibility index (Phi) is 5.09. The van der Waals surface area contributed by atoms with E-state index in [0.29, 0.717) is 23.5 Å². The average molecular weight is 447 g/mol. The number of likely N-dealkylation sites (N-methyl/N-ethyl adjacent to an activating group) is 1. The lowest BCUT2D eigenvalue weighted by molar-refractivity contribution is -0.534. The number of para-hydroxylation sites is 1. The molecule has 0 saturated carbocycles. The van der Waals surface area contributed by atoms with Gasteiger partial charge in [0.25, 0.3) is 11.9 Å². The van der Waals surface area contributed by atoms with Crippen LogP contribution >= 0.6 is 0 Å². The maximum absolute atomic E-state index is 13.2. The Labute approximate surface area is 189 Å². The molecule has 5 rings (SSSR count). The van der Waals surface area contributed by atoms with Gasteiger partial charge in [-0.25, -0.2) is 4.39 Å². The number of anilines is 1. The molecule has 7 nitrogen and oxygen atoms in total. The number of carbonyl (C=O) groups is 1. The Balaban J connectivity index is 1.42. The van der Waals surface area contributed by atoms with Gasteiger partial charge in [0.2, 0.25) is 0 Å². The van der Waals surface area contributed by atoms with E-state index in [9.17, 15) is 19.3 Å². The zero-order valence-electron chi connectivity index (χ0n) is 17.9. The van der Waals surface area contributed by atoms with Crippen molar-refractivity contribution in [1.29, 1.82) is 0 Å². The summed E-state index contributed by atoms with van der Waals surface area (Å²) >= 11 is 0. The molecule has 1 amide bonds. The van der Waals surface area contributed by atoms with Gasteiger partial charge in [-0.2, -0.15) is 0 Å². The van der Waals surface area contributed by atoms with Crippen LogP contribution in [-0.2, 0) is 16.9 Å². The molecule has 2 heterocycles. The van der Waals surface area contributed by atoms with Crippen LogP contribution in [0.5, 0.6) is 5.75 Å². The van der Waals surface area contributed by atoms with E-state index >= 15 is 0 Å². The molecule has 0 unspecified atom stereocenters. The van der Waals surface area contributed by atoms with Crippen LogP contribution in [-0.4, -0.2) is 35.4 Å². The molecule has 1 N–H and O–H groups in total. The molecule has 2 aliphatic heterocycles. The molecule has 1 fully saturated rings. The summed E-state index contributed by atoms with van der Waals surface area (Å²) in [6, 6.07) is 19.2. The van der Waals surface area contributed by atoms with E-state index in [-0.39, 0.29) is 23.3 Å². The van der Waals surface area contributed by atoms with Crippen molar-refractivity contribution in [1.82, 2.24) is 4.90 Å². The van der Waals surface area contributed by atoms with Crippen LogP contribution in [0.1, 0.15) is 22.6 Å². The summed E-state index contributed by atoms with van der Waals surface area (Å²) in [5, 5.41) is 15.2. The summed E-state index contributed by atoms with van der Waals surface area (Å²) in [5.41, 5.74) is 1.50. The number of nitrogens with zero attached hydrogens (tertiary/aromatic N) is 2. The van der Waals surface area contributed by atoms with Crippen LogP contribution in [0.25, 0.3) is 0 Å². The monoisotopic (exact) mass is 447 g/mol. The van der Waals surface area contributed by atoms with Gasteiger partial charge in [-0.3, -0.25) is 19.8 Å². The molecule has 33 heavy (non-hydrogen) atoms. The molecule has 0 aliphatic carbocycles. The van der Waals surface area contributed by atoms with Gasteiger partial charge in [-0.1, -0.05) is 42.5 Å². The number of amides is 1. The van der Waals surface area contributed by atoms with Gasteiger partial charge in [0.1, 0.15) is 18.2 Å². The van der Waals surface area contributed by atoms with Crippen LogP contribution in [0, 0.1) is 15.9 Å². The number of ether oxygens (including phenoxy) is 1. The lowest BCUT2D eigenvalue weighted by Crippen LogP contribution is -2.54. The summed E-state index contributed by atoms with van der Waals surface area (Å²) in [6.07, 6.45) is 0. The molecule has 0 bridgehead atoms. The number of carbonyl (C=O) groups excluding carboxylic acids is 1. The highest BCUT2D eigenvalue weighted by atomic mass is 19.1. The minimum Gasteiger partial charge on any atom is -0.489 e. The van der Waals surface area contributed by atoms with Crippen molar-refractivity contribution in [2.45, 2.75) is 24.1 Å². The third-order valence-corrected chi connectivity index (χ3v) is 6.67. The average Bonchev–Trinajstić information content (AvgIpc) is 3.29. The van der Waals surface area contributed by atoms with Crippen LogP contribution < -0.4 is 10.1 Å². The number of likely N-dealkylation sites (tertiary alicyclic amines) is 1. The molecule has 8 heteroatoms. The van der Waals surface area contributed by atoms with Crippen molar-refractivity contribution >= 4 is 11.6 Å². The molecule has 0 radical (unpaired) electrons. The second-order valence-corrected chi connectivity index (χ2v) is 8.47. The van der Waals surface area contributed by atoms with E-state index in [0.717, 1.165) is 11.1 Å². The Bertz CT molecular complexity index is 1220. The Morgan fingerprint density at radius 3 is 2.52 bits per heavy atom. The molecule has 3 atom stereocenters. The number of nitrogens with one attached hydrogen (secondary N) is 1. The van der Waals surface area contributed by atoms with Crippen LogP contribution in [0.4, 0.5) is 10.1 Å². The minimum absolute atomic E-state index is 0.281. The van der Waals surface area contributed by atoms with E-state index in [1.165, 1.54) is 12.1 Å². The molecule has 1 spiro atoms. The predicted molar refractivity (Wildman–Crippen MR) is 120 cm³/mol. The second kappa shape index (κ2) is 7.97. The number of nitro groups is 1. The molecule has 168 valence electrons.